The summed E-state index contributed by atoms with van der Waals surface area (Å²) in [4.78, 5) is 4.40. The molecule has 1 saturated carbocycles. The Balaban J connectivity index is 2.34. The monoisotopic (exact) mass is 173 g/mol. The lowest BCUT2D eigenvalue weighted by molar-refractivity contribution is 0.927. The van der Waals surface area contributed by atoms with Gasteiger partial charge in [-0.3, -0.25) is 4.40 Å². The van der Waals surface area contributed by atoms with Crippen LogP contribution >= 0.6 is 0 Å². The van der Waals surface area contributed by atoms with E-state index in [1.54, 1.807) is 0 Å². The highest BCUT2D eigenvalue weighted by Crippen LogP contribution is 2.39. The van der Waals surface area contributed by atoms with Crippen molar-refractivity contribution in [2.45, 2.75) is 18.8 Å². The van der Waals surface area contributed by atoms with Crippen LogP contribution in [0.5, 0.6) is 0 Å². The van der Waals surface area contributed by atoms with Crippen molar-refractivity contribution in [3.63, 3.8) is 0 Å². The van der Waals surface area contributed by atoms with Crippen LogP contribution in [-0.2, 0) is 0 Å². The summed E-state index contributed by atoms with van der Waals surface area (Å²) in [7, 11) is 0. The number of aromatic nitrogens is 2. The second-order valence-corrected chi connectivity index (χ2v) is 3.60. The van der Waals surface area contributed by atoms with Crippen LogP contribution in [-0.4, -0.2) is 9.38 Å². The highest BCUT2D eigenvalue weighted by molar-refractivity contribution is 5.53. The lowest BCUT2D eigenvalue weighted by Gasteiger charge is -2.02. The smallest absolute Gasteiger partial charge is 0.117 e. The maximum Gasteiger partial charge on any atom is 0.117 e. The number of nitrogen functional groups attached to an aromatic ring is 1. The van der Waals surface area contributed by atoms with Crippen molar-refractivity contribution in [3.8, 4) is 0 Å². The quantitative estimate of drug-likeness (QED) is 0.714. The van der Waals surface area contributed by atoms with E-state index in [1.165, 1.54) is 12.8 Å². The molecule has 3 rings (SSSR count). The zero-order valence-electron chi connectivity index (χ0n) is 7.27. The number of rotatable bonds is 1. The molecule has 0 radical (unpaired) electrons. The third-order valence-corrected chi connectivity index (χ3v) is 2.55. The highest BCUT2D eigenvalue weighted by atomic mass is 15.1. The van der Waals surface area contributed by atoms with Crippen LogP contribution < -0.4 is 5.73 Å². The van der Waals surface area contributed by atoms with Gasteiger partial charge in [-0.1, -0.05) is 6.07 Å². The molecule has 1 aliphatic carbocycles. The molecule has 0 unspecified atom stereocenters. The van der Waals surface area contributed by atoms with E-state index in [0.29, 0.717) is 5.92 Å². The van der Waals surface area contributed by atoms with Gasteiger partial charge in [0, 0.05) is 5.92 Å². The van der Waals surface area contributed by atoms with Crippen molar-refractivity contribution in [3.05, 3.63) is 30.2 Å². The van der Waals surface area contributed by atoms with Gasteiger partial charge in [-0.2, -0.15) is 0 Å². The van der Waals surface area contributed by atoms with Crippen LogP contribution in [0.15, 0.2) is 24.4 Å². The van der Waals surface area contributed by atoms with Crippen LogP contribution in [0.25, 0.3) is 5.52 Å². The molecule has 2 N–H and O–H groups in total. The molecule has 1 aliphatic rings. The number of nitrogens with two attached hydrogens (primary N) is 1. The van der Waals surface area contributed by atoms with Crippen LogP contribution in [0.4, 0.5) is 5.82 Å². The first-order valence-corrected chi connectivity index (χ1v) is 4.58. The number of fused-ring (bicyclic) bond motifs is 1. The predicted molar refractivity (Wildman–Crippen MR) is 51.6 cm³/mol. The molecule has 1 fully saturated rings. The maximum atomic E-state index is 5.89. The van der Waals surface area contributed by atoms with Gasteiger partial charge in [0.15, 0.2) is 0 Å². The summed E-state index contributed by atoms with van der Waals surface area (Å²) in [5, 5.41) is 0. The fourth-order valence-corrected chi connectivity index (χ4v) is 1.73. The molecule has 0 spiro atoms. The molecule has 0 aromatic carbocycles. The third-order valence-electron chi connectivity index (χ3n) is 2.55. The number of hydrogen-bond donors (Lipinski definition) is 1. The van der Waals surface area contributed by atoms with Gasteiger partial charge in [-0.15, -0.1) is 0 Å². The normalized spacial score (nSPS) is 16.6. The largest absolute Gasteiger partial charge is 0.385 e. The average Bonchev–Trinajstić information content (AvgIpc) is 2.87. The van der Waals surface area contributed by atoms with Crippen molar-refractivity contribution >= 4 is 11.3 Å². The van der Waals surface area contributed by atoms with Gasteiger partial charge >= 0.3 is 0 Å². The van der Waals surface area contributed by atoms with Crippen LogP contribution in [0.1, 0.15) is 24.6 Å². The topological polar surface area (TPSA) is 43.3 Å². The van der Waals surface area contributed by atoms with E-state index < -0.39 is 0 Å². The van der Waals surface area contributed by atoms with Gasteiger partial charge in [-0.25, -0.2) is 4.98 Å². The van der Waals surface area contributed by atoms with E-state index in [1.807, 2.05) is 24.4 Å². The number of imidazole rings is 1. The molecule has 0 amide bonds. The summed E-state index contributed by atoms with van der Waals surface area (Å²) >= 11 is 0. The molecule has 2 heterocycles. The van der Waals surface area contributed by atoms with Gasteiger partial charge in [0.25, 0.3) is 0 Å². The molecular formula is C10H11N3. The first-order valence-electron chi connectivity index (χ1n) is 4.58. The molecule has 66 valence electrons. The number of pyridine rings is 1. The molecule has 2 aromatic rings. The van der Waals surface area contributed by atoms with Crippen molar-refractivity contribution in [1.29, 1.82) is 0 Å². The van der Waals surface area contributed by atoms with E-state index in [2.05, 4.69) is 9.38 Å². The zero-order chi connectivity index (χ0) is 8.84. The Morgan fingerprint density at radius 1 is 1.38 bits per heavy atom. The number of anilines is 1. The highest BCUT2D eigenvalue weighted by Gasteiger charge is 2.28. The Labute approximate surface area is 76.2 Å². The first-order chi connectivity index (χ1) is 6.36. The summed E-state index contributed by atoms with van der Waals surface area (Å²) in [6.07, 6.45) is 4.41. The minimum Gasteiger partial charge on any atom is -0.385 e. The average molecular weight is 173 g/mol. The van der Waals surface area contributed by atoms with Crippen molar-refractivity contribution in [2.75, 3.05) is 5.73 Å². The fourth-order valence-electron chi connectivity index (χ4n) is 1.73. The summed E-state index contributed by atoms with van der Waals surface area (Å²) in [5.41, 5.74) is 6.99. The third kappa shape index (κ3) is 0.932. The lowest BCUT2D eigenvalue weighted by Crippen LogP contribution is -1.99. The molecule has 0 saturated heterocycles. The second kappa shape index (κ2) is 2.25. The molecule has 0 aliphatic heterocycles. The Kier molecular flexibility index (Phi) is 1.20. The fraction of sp³-hybridized carbons (Fsp3) is 0.300. The minimum atomic E-state index is 0.646. The number of hydrogen-bond acceptors (Lipinski definition) is 2. The Bertz CT molecular complexity index is 454. The van der Waals surface area contributed by atoms with E-state index in [-0.39, 0.29) is 0 Å². The Morgan fingerprint density at radius 3 is 3.00 bits per heavy atom. The Morgan fingerprint density at radius 2 is 2.23 bits per heavy atom. The standard InChI is InChI=1S/C10H11N3/c11-9-3-1-2-8-6-12-10(13(8)9)7-4-5-7/h1-3,6-7H,4-5,11H2. The number of nitrogens with zero attached hydrogens (tertiary/aromatic N) is 2. The van der Waals surface area contributed by atoms with Crippen molar-refractivity contribution in [2.24, 2.45) is 0 Å². The molecule has 2 aromatic heterocycles. The molecule has 3 heteroatoms. The van der Waals surface area contributed by atoms with Crippen LogP contribution in [0.2, 0.25) is 0 Å². The summed E-state index contributed by atoms with van der Waals surface area (Å²) < 4.78 is 2.05. The van der Waals surface area contributed by atoms with Crippen LogP contribution in [0, 0.1) is 0 Å². The Hall–Kier alpha value is -1.51. The summed E-state index contributed by atoms with van der Waals surface area (Å²) in [6, 6.07) is 5.92. The van der Waals surface area contributed by atoms with E-state index in [9.17, 15) is 0 Å². The lowest BCUT2D eigenvalue weighted by atomic mass is 10.3. The SMILES string of the molecule is Nc1cccc2cnc(C3CC3)n12. The molecule has 13 heavy (non-hydrogen) atoms. The van der Waals surface area contributed by atoms with Crippen LogP contribution in [0.3, 0.4) is 0 Å². The first kappa shape index (κ1) is 6.95. The van der Waals surface area contributed by atoms with Gasteiger partial charge in [0.05, 0.1) is 11.7 Å². The van der Waals surface area contributed by atoms with Gasteiger partial charge < -0.3 is 5.73 Å². The van der Waals surface area contributed by atoms with Crippen molar-refractivity contribution in [1.82, 2.24) is 9.38 Å². The minimum absolute atomic E-state index is 0.646. The molecule has 0 bridgehead atoms. The second-order valence-electron chi connectivity index (χ2n) is 3.60. The maximum absolute atomic E-state index is 5.89. The molecule has 3 nitrogen and oxygen atoms in total. The molecule has 0 atom stereocenters. The zero-order valence-corrected chi connectivity index (χ0v) is 7.27. The van der Waals surface area contributed by atoms with Gasteiger partial charge in [0.2, 0.25) is 0 Å². The van der Waals surface area contributed by atoms with Gasteiger partial charge in [-0.05, 0) is 25.0 Å². The summed E-state index contributed by atoms with van der Waals surface area (Å²) in [5.74, 6) is 2.57. The van der Waals surface area contributed by atoms with Crippen molar-refractivity contribution < 1.29 is 0 Å². The van der Waals surface area contributed by atoms with E-state index >= 15 is 0 Å². The van der Waals surface area contributed by atoms with E-state index in [4.69, 9.17) is 5.73 Å². The molecular weight excluding hydrogens is 162 g/mol. The summed E-state index contributed by atoms with van der Waals surface area (Å²) in [6.45, 7) is 0. The predicted octanol–water partition coefficient (Wildman–Crippen LogP) is 1.79. The van der Waals surface area contributed by atoms with E-state index in [0.717, 1.165) is 17.2 Å². The van der Waals surface area contributed by atoms with Gasteiger partial charge in [0.1, 0.15) is 11.6 Å².